The van der Waals surface area contributed by atoms with Crippen LogP contribution in [0.25, 0.3) is 0 Å². The van der Waals surface area contributed by atoms with Gasteiger partial charge in [0.25, 0.3) is 0 Å². The van der Waals surface area contributed by atoms with Gasteiger partial charge in [0.1, 0.15) is 5.78 Å². The molecule has 0 N–H and O–H groups in total. The first-order valence-electron chi connectivity index (χ1n) is 5.92. The van der Waals surface area contributed by atoms with E-state index in [2.05, 4.69) is 18.7 Å². The lowest BCUT2D eigenvalue weighted by Crippen LogP contribution is -1.99. The van der Waals surface area contributed by atoms with Crippen LogP contribution in [0.3, 0.4) is 0 Å². The van der Waals surface area contributed by atoms with E-state index in [1.165, 1.54) is 37.2 Å². The van der Waals surface area contributed by atoms with Crippen LogP contribution < -0.4 is 0 Å². The standard InChI is InChI=1S/C12H22OS/c1-2-3-4-5-8-14-10-11-6-7-12(13)9-11/h11H,2-10H2,1H3. The van der Waals surface area contributed by atoms with Crippen molar-refractivity contribution in [3.8, 4) is 0 Å². The Morgan fingerprint density at radius 3 is 2.86 bits per heavy atom. The van der Waals surface area contributed by atoms with E-state index >= 15 is 0 Å². The molecule has 14 heavy (non-hydrogen) atoms. The molecule has 0 aromatic carbocycles. The van der Waals surface area contributed by atoms with Crippen LogP contribution in [0.2, 0.25) is 0 Å². The lowest BCUT2D eigenvalue weighted by Gasteiger charge is -2.06. The van der Waals surface area contributed by atoms with Crippen LogP contribution in [0.5, 0.6) is 0 Å². The topological polar surface area (TPSA) is 17.1 Å². The fourth-order valence-corrected chi connectivity index (χ4v) is 3.11. The molecule has 0 spiro atoms. The molecule has 0 bridgehead atoms. The quantitative estimate of drug-likeness (QED) is 0.601. The van der Waals surface area contributed by atoms with Crippen LogP contribution in [-0.2, 0) is 4.79 Å². The van der Waals surface area contributed by atoms with Crippen LogP contribution in [-0.4, -0.2) is 17.3 Å². The molecule has 1 unspecified atom stereocenters. The lowest BCUT2D eigenvalue weighted by molar-refractivity contribution is -0.117. The molecular formula is C12H22OS. The number of rotatable bonds is 7. The van der Waals surface area contributed by atoms with Gasteiger partial charge in [-0.05, 0) is 30.3 Å². The monoisotopic (exact) mass is 214 g/mol. The predicted molar refractivity (Wildman–Crippen MR) is 63.8 cm³/mol. The second-order valence-electron chi connectivity index (χ2n) is 4.28. The molecule has 0 aromatic heterocycles. The second-order valence-corrected chi connectivity index (χ2v) is 5.43. The third kappa shape index (κ3) is 5.04. The zero-order chi connectivity index (χ0) is 10.2. The maximum atomic E-state index is 11.0. The van der Waals surface area contributed by atoms with Crippen LogP contribution in [0.1, 0.15) is 51.9 Å². The number of hydrogen-bond acceptors (Lipinski definition) is 2. The van der Waals surface area contributed by atoms with Gasteiger partial charge in [0, 0.05) is 12.8 Å². The molecule has 0 aliphatic heterocycles. The zero-order valence-electron chi connectivity index (χ0n) is 9.26. The molecule has 0 radical (unpaired) electrons. The molecule has 0 saturated heterocycles. The Morgan fingerprint density at radius 1 is 1.36 bits per heavy atom. The molecule has 1 aliphatic rings. The highest BCUT2D eigenvalue weighted by atomic mass is 32.2. The Labute approximate surface area is 92.0 Å². The van der Waals surface area contributed by atoms with Crippen molar-refractivity contribution in [3.63, 3.8) is 0 Å². The smallest absolute Gasteiger partial charge is 0.133 e. The molecular weight excluding hydrogens is 192 g/mol. The molecule has 1 saturated carbocycles. The molecule has 0 aromatic rings. The summed E-state index contributed by atoms with van der Waals surface area (Å²) in [5, 5.41) is 0. The Kier molecular flexibility index (Phi) is 6.33. The Morgan fingerprint density at radius 2 is 2.21 bits per heavy atom. The SMILES string of the molecule is CCCCCCSCC1CCC(=O)C1. The van der Waals surface area contributed by atoms with E-state index in [9.17, 15) is 4.79 Å². The van der Waals surface area contributed by atoms with Crippen LogP contribution in [0, 0.1) is 5.92 Å². The largest absolute Gasteiger partial charge is 0.300 e. The van der Waals surface area contributed by atoms with Crippen LogP contribution in [0.4, 0.5) is 0 Å². The third-order valence-corrected chi connectivity index (χ3v) is 4.13. The van der Waals surface area contributed by atoms with Crippen molar-refractivity contribution < 1.29 is 4.79 Å². The average Bonchev–Trinajstić information content (AvgIpc) is 2.58. The molecule has 1 aliphatic carbocycles. The fraction of sp³-hybridized carbons (Fsp3) is 0.917. The van der Waals surface area contributed by atoms with Crippen molar-refractivity contribution in [2.75, 3.05) is 11.5 Å². The van der Waals surface area contributed by atoms with E-state index in [1.807, 2.05) is 0 Å². The summed E-state index contributed by atoms with van der Waals surface area (Å²) in [5.41, 5.74) is 0. The van der Waals surface area contributed by atoms with E-state index in [4.69, 9.17) is 0 Å². The first kappa shape index (κ1) is 12.1. The highest BCUT2D eigenvalue weighted by Crippen LogP contribution is 2.25. The van der Waals surface area contributed by atoms with Gasteiger partial charge in [-0.15, -0.1) is 0 Å². The van der Waals surface area contributed by atoms with Gasteiger partial charge in [-0.3, -0.25) is 4.79 Å². The first-order chi connectivity index (χ1) is 6.83. The summed E-state index contributed by atoms with van der Waals surface area (Å²) < 4.78 is 0. The minimum Gasteiger partial charge on any atom is -0.300 e. The molecule has 2 heteroatoms. The number of hydrogen-bond donors (Lipinski definition) is 0. The molecule has 1 fully saturated rings. The number of thioether (sulfide) groups is 1. The Balaban J connectivity index is 1.86. The summed E-state index contributed by atoms with van der Waals surface area (Å²) in [6.45, 7) is 2.25. The van der Waals surface area contributed by atoms with E-state index in [0.717, 1.165) is 19.3 Å². The highest BCUT2D eigenvalue weighted by molar-refractivity contribution is 7.99. The first-order valence-corrected chi connectivity index (χ1v) is 7.08. The van der Waals surface area contributed by atoms with Gasteiger partial charge in [0.05, 0.1) is 0 Å². The van der Waals surface area contributed by atoms with Crippen molar-refractivity contribution in [1.82, 2.24) is 0 Å². The summed E-state index contributed by atoms with van der Waals surface area (Å²) in [4.78, 5) is 11.0. The molecule has 1 rings (SSSR count). The van der Waals surface area contributed by atoms with Crippen LogP contribution >= 0.6 is 11.8 Å². The molecule has 1 nitrogen and oxygen atoms in total. The van der Waals surface area contributed by atoms with Gasteiger partial charge in [-0.2, -0.15) is 11.8 Å². The zero-order valence-corrected chi connectivity index (χ0v) is 10.1. The lowest BCUT2D eigenvalue weighted by atomic mass is 10.1. The van der Waals surface area contributed by atoms with Crippen molar-refractivity contribution in [2.45, 2.75) is 51.9 Å². The summed E-state index contributed by atoms with van der Waals surface area (Å²) in [6, 6.07) is 0. The minimum absolute atomic E-state index is 0.488. The van der Waals surface area contributed by atoms with Gasteiger partial charge in [-0.25, -0.2) is 0 Å². The molecule has 82 valence electrons. The number of carbonyl (C=O) groups excluding carboxylic acids is 1. The van der Waals surface area contributed by atoms with Crippen LogP contribution in [0.15, 0.2) is 0 Å². The number of carbonyl (C=O) groups is 1. The third-order valence-electron chi connectivity index (χ3n) is 2.84. The normalized spacial score (nSPS) is 21.8. The van der Waals surface area contributed by atoms with Crippen molar-refractivity contribution in [1.29, 1.82) is 0 Å². The molecule has 0 amide bonds. The van der Waals surface area contributed by atoms with E-state index < -0.39 is 0 Å². The van der Waals surface area contributed by atoms with Crippen molar-refractivity contribution in [3.05, 3.63) is 0 Å². The summed E-state index contributed by atoms with van der Waals surface area (Å²) in [7, 11) is 0. The number of ketones is 1. The summed E-state index contributed by atoms with van der Waals surface area (Å²) in [6.07, 6.45) is 8.31. The fourth-order valence-electron chi connectivity index (χ4n) is 1.91. The van der Waals surface area contributed by atoms with E-state index in [-0.39, 0.29) is 0 Å². The predicted octanol–water partition coefficient (Wildman–Crippen LogP) is 3.67. The maximum Gasteiger partial charge on any atom is 0.133 e. The Bertz CT molecular complexity index is 168. The molecule has 1 atom stereocenters. The van der Waals surface area contributed by atoms with Gasteiger partial charge < -0.3 is 0 Å². The number of Topliss-reactive ketones (excluding diaryl/α,β-unsaturated/α-hetero) is 1. The minimum atomic E-state index is 0.488. The van der Waals surface area contributed by atoms with Crippen molar-refractivity contribution in [2.24, 2.45) is 5.92 Å². The summed E-state index contributed by atoms with van der Waals surface area (Å²) >= 11 is 2.05. The highest BCUT2D eigenvalue weighted by Gasteiger charge is 2.21. The number of unbranched alkanes of at least 4 members (excludes halogenated alkanes) is 3. The van der Waals surface area contributed by atoms with Gasteiger partial charge in [-0.1, -0.05) is 26.2 Å². The van der Waals surface area contributed by atoms with E-state index in [0.29, 0.717) is 11.7 Å². The summed E-state index contributed by atoms with van der Waals surface area (Å²) in [5.74, 6) is 3.71. The second kappa shape index (κ2) is 7.33. The van der Waals surface area contributed by atoms with E-state index in [1.54, 1.807) is 0 Å². The Hall–Kier alpha value is 0.0200. The molecule has 0 heterocycles. The maximum absolute atomic E-state index is 11.0. The van der Waals surface area contributed by atoms with Gasteiger partial charge in [0.15, 0.2) is 0 Å². The van der Waals surface area contributed by atoms with Gasteiger partial charge >= 0.3 is 0 Å². The average molecular weight is 214 g/mol. The van der Waals surface area contributed by atoms with Gasteiger partial charge in [0.2, 0.25) is 0 Å². The van der Waals surface area contributed by atoms with Crippen molar-refractivity contribution >= 4 is 17.5 Å².